The van der Waals surface area contributed by atoms with Gasteiger partial charge in [-0.25, -0.2) is 9.59 Å². The fourth-order valence-electron chi connectivity index (χ4n) is 5.35. The number of hydrogen-bond donors (Lipinski definition) is 2. The zero-order valence-electron chi connectivity index (χ0n) is 22.8. The summed E-state index contributed by atoms with van der Waals surface area (Å²) >= 11 is 0. The summed E-state index contributed by atoms with van der Waals surface area (Å²) in [7, 11) is 0. The van der Waals surface area contributed by atoms with Crippen LogP contribution in [0.3, 0.4) is 0 Å². The molecule has 1 aliphatic carbocycles. The van der Waals surface area contributed by atoms with E-state index in [2.05, 4.69) is 10.6 Å². The number of likely N-dealkylation sites (tertiary alicyclic amines) is 1. The van der Waals surface area contributed by atoms with Gasteiger partial charge in [-0.15, -0.1) is 0 Å². The second-order valence-corrected chi connectivity index (χ2v) is 11.1. The summed E-state index contributed by atoms with van der Waals surface area (Å²) < 4.78 is 49.9. The molecular formula is C29H34F3N3O5. The van der Waals surface area contributed by atoms with Gasteiger partial charge in [-0.05, 0) is 55.9 Å². The summed E-state index contributed by atoms with van der Waals surface area (Å²) in [4.78, 5) is 39.9. The first-order valence-corrected chi connectivity index (χ1v) is 13.3. The van der Waals surface area contributed by atoms with Gasteiger partial charge in [0.2, 0.25) is 5.91 Å². The normalized spacial score (nSPS) is 16.5. The highest BCUT2D eigenvalue weighted by atomic mass is 19.4. The van der Waals surface area contributed by atoms with Crippen LogP contribution in [0.4, 0.5) is 22.8 Å². The van der Waals surface area contributed by atoms with Crippen LogP contribution in [0.1, 0.15) is 51.2 Å². The zero-order valence-corrected chi connectivity index (χ0v) is 22.8. The van der Waals surface area contributed by atoms with E-state index in [4.69, 9.17) is 9.47 Å². The monoisotopic (exact) mass is 561 g/mol. The fourth-order valence-corrected chi connectivity index (χ4v) is 5.35. The predicted octanol–water partition coefficient (Wildman–Crippen LogP) is 5.15. The Morgan fingerprint density at radius 1 is 0.950 bits per heavy atom. The molecule has 0 radical (unpaired) electrons. The van der Waals surface area contributed by atoms with Crippen molar-refractivity contribution in [1.82, 2.24) is 15.5 Å². The van der Waals surface area contributed by atoms with E-state index in [-0.39, 0.29) is 19.1 Å². The summed E-state index contributed by atoms with van der Waals surface area (Å²) in [5.41, 5.74) is 0.582. The SMILES string of the molecule is CC(C)(C)OC(=O)NC1CCN(C(=O)OCCC2(C(=O)NCC(F)(F)F)c3ccccc3-c3ccccc32)CC1. The molecule has 0 unspecified atom stereocenters. The average Bonchev–Trinajstić information content (AvgIpc) is 3.17. The first-order valence-electron chi connectivity index (χ1n) is 13.3. The van der Waals surface area contributed by atoms with Crippen LogP contribution in [0.25, 0.3) is 11.1 Å². The number of halogens is 3. The molecule has 0 spiro atoms. The molecular weight excluding hydrogens is 527 g/mol. The largest absolute Gasteiger partial charge is 0.449 e. The van der Waals surface area contributed by atoms with Crippen LogP contribution in [0, 0.1) is 0 Å². The van der Waals surface area contributed by atoms with Crippen molar-refractivity contribution < 1.29 is 37.0 Å². The third-order valence-electron chi connectivity index (χ3n) is 7.08. The van der Waals surface area contributed by atoms with Gasteiger partial charge in [0.15, 0.2) is 0 Å². The van der Waals surface area contributed by atoms with E-state index in [9.17, 15) is 27.6 Å². The molecule has 216 valence electrons. The molecule has 2 aromatic carbocycles. The van der Waals surface area contributed by atoms with Crippen molar-refractivity contribution in [3.63, 3.8) is 0 Å². The molecule has 4 rings (SSSR count). The average molecular weight is 562 g/mol. The number of benzene rings is 2. The Hall–Kier alpha value is -3.76. The molecule has 2 aromatic rings. The summed E-state index contributed by atoms with van der Waals surface area (Å²) in [5.74, 6) is -0.799. The number of nitrogens with one attached hydrogen (secondary N) is 2. The van der Waals surface area contributed by atoms with Crippen LogP contribution < -0.4 is 10.6 Å². The summed E-state index contributed by atoms with van der Waals surface area (Å²) in [5, 5.41) is 4.87. The van der Waals surface area contributed by atoms with E-state index < -0.39 is 41.8 Å². The smallest absolute Gasteiger partial charge is 0.409 e. The van der Waals surface area contributed by atoms with Gasteiger partial charge in [-0.2, -0.15) is 13.2 Å². The third kappa shape index (κ3) is 6.51. The van der Waals surface area contributed by atoms with E-state index >= 15 is 0 Å². The number of rotatable bonds is 6. The number of alkyl halides is 3. The summed E-state index contributed by atoms with van der Waals surface area (Å²) in [6.45, 7) is 4.37. The van der Waals surface area contributed by atoms with Gasteiger partial charge in [0, 0.05) is 25.6 Å². The number of carbonyl (C=O) groups excluding carboxylic acids is 3. The summed E-state index contributed by atoms with van der Waals surface area (Å²) in [6, 6.07) is 14.0. The van der Waals surface area contributed by atoms with Crippen LogP contribution in [0.15, 0.2) is 48.5 Å². The molecule has 11 heteroatoms. The summed E-state index contributed by atoms with van der Waals surface area (Å²) in [6.07, 6.45) is -4.68. The second-order valence-electron chi connectivity index (χ2n) is 11.1. The number of ether oxygens (including phenoxy) is 2. The molecule has 3 amide bonds. The maximum absolute atomic E-state index is 13.5. The van der Waals surface area contributed by atoms with Crippen LogP contribution in [0.5, 0.6) is 0 Å². The van der Waals surface area contributed by atoms with Crippen molar-refractivity contribution in [2.24, 2.45) is 0 Å². The minimum Gasteiger partial charge on any atom is -0.449 e. The molecule has 1 fully saturated rings. The maximum Gasteiger partial charge on any atom is 0.409 e. The van der Waals surface area contributed by atoms with Crippen molar-refractivity contribution in [1.29, 1.82) is 0 Å². The van der Waals surface area contributed by atoms with E-state index in [1.807, 2.05) is 12.1 Å². The lowest BCUT2D eigenvalue weighted by atomic mass is 9.74. The molecule has 0 saturated carbocycles. The van der Waals surface area contributed by atoms with Gasteiger partial charge in [-0.1, -0.05) is 48.5 Å². The fraction of sp³-hybridized carbons (Fsp3) is 0.483. The van der Waals surface area contributed by atoms with Gasteiger partial charge < -0.3 is 25.0 Å². The molecule has 1 saturated heterocycles. The zero-order chi connectivity index (χ0) is 29.1. The van der Waals surface area contributed by atoms with Crippen molar-refractivity contribution in [2.75, 3.05) is 26.2 Å². The number of amides is 3. The molecule has 0 atom stereocenters. The van der Waals surface area contributed by atoms with Crippen molar-refractivity contribution in [2.45, 2.75) is 63.3 Å². The standard InChI is InChI=1S/C29H34F3N3O5/c1-27(2,3)40-25(37)34-19-12-15-35(16-13-19)26(38)39-17-14-28(24(36)33-18-29(30,31)32)22-10-6-4-8-20(22)21-9-5-7-11-23(21)28/h4-11,19H,12-18H2,1-3H3,(H,33,36)(H,34,37). The van der Waals surface area contributed by atoms with Gasteiger partial charge >= 0.3 is 18.4 Å². The number of fused-ring (bicyclic) bond motifs is 3. The molecule has 0 aromatic heterocycles. The number of alkyl carbamates (subject to hydrolysis) is 1. The molecule has 2 N–H and O–H groups in total. The highest BCUT2D eigenvalue weighted by molar-refractivity contribution is 6.00. The van der Waals surface area contributed by atoms with E-state index in [1.165, 1.54) is 4.90 Å². The Morgan fingerprint density at radius 3 is 2.02 bits per heavy atom. The number of carbonyl (C=O) groups is 3. The molecule has 1 heterocycles. The van der Waals surface area contributed by atoms with Crippen LogP contribution in [-0.4, -0.2) is 67.1 Å². The van der Waals surface area contributed by atoms with Gasteiger partial charge in [0.05, 0.1) is 6.61 Å². The van der Waals surface area contributed by atoms with Crippen molar-refractivity contribution in [3.8, 4) is 11.1 Å². The number of piperidine rings is 1. The molecule has 0 bridgehead atoms. The maximum atomic E-state index is 13.5. The Bertz CT molecular complexity index is 1200. The lowest BCUT2D eigenvalue weighted by Crippen LogP contribution is -2.49. The Kier molecular flexibility index (Phi) is 8.32. The third-order valence-corrected chi connectivity index (χ3v) is 7.08. The highest BCUT2D eigenvalue weighted by Crippen LogP contribution is 2.51. The Morgan fingerprint density at radius 2 is 1.50 bits per heavy atom. The highest BCUT2D eigenvalue weighted by Gasteiger charge is 2.49. The topological polar surface area (TPSA) is 97.0 Å². The number of nitrogens with zero attached hydrogens (tertiary/aromatic N) is 1. The number of hydrogen-bond acceptors (Lipinski definition) is 5. The van der Waals surface area contributed by atoms with Gasteiger partial charge in [-0.3, -0.25) is 4.79 Å². The molecule has 8 nitrogen and oxygen atoms in total. The van der Waals surface area contributed by atoms with E-state index in [0.29, 0.717) is 37.1 Å². The molecule has 2 aliphatic rings. The van der Waals surface area contributed by atoms with E-state index in [0.717, 1.165) is 11.1 Å². The molecule has 40 heavy (non-hydrogen) atoms. The van der Waals surface area contributed by atoms with Crippen LogP contribution >= 0.6 is 0 Å². The first kappa shape index (κ1) is 29.2. The van der Waals surface area contributed by atoms with Crippen molar-refractivity contribution >= 4 is 18.1 Å². The minimum atomic E-state index is -4.58. The van der Waals surface area contributed by atoms with Gasteiger partial charge in [0.25, 0.3) is 0 Å². The van der Waals surface area contributed by atoms with Crippen molar-refractivity contribution in [3.05, 3.63) is 59.7 Å². The minimum absolute atomic E-state index is 0.0346. The second kappa shape index (κ2) is 11.4. The lowest BCUT2D eigenvalue weighted by molar-refractivity contribution is -0.141. The first-order chi connectivity index (χ1) is 18.8. The predicted molar refractivity (Wildman–Crippen MR) is 142 cm³/mol. The van der Waals surface area contributed by atoms with Crippen LogP contribution in [-0.2, 0) is 19.7 Å². The van der Waals surface area contributed by atoms with Crippen LogP contribution in [0.2, 0.25) is 0 Å². The molecule has 1 aliphatic heterocycles. The van der Waals surface area contributed by atoms with Gasteiger partial charge in [0.1, 0.15) is 17.6 Å². The Labute approximate surface area is 231 Å². The van der Waals surface area contributed by atoms with E-state index in [1.54, 1.807) is 57.2 Å². The lowest BCUT2D eigenvalue weighted by Gasteiger charge is -2.33. The Balaban J connectivity index is 1.43. The quantitative estimate of drug-likeness (QED) is 0.509.